The Labute approximate surface area is 494 Å². The highest BCUT2D eigenvalue weighted by atomic mass is 31.2. The Morgan fingerprint density at radius 2 is 0.709 bits per heavy atom. The molecule has 0 radical (unpaired) electrons. The summed E-state index contributed by atoms with van der Waals surface area (Å²) >= 11 is 0. The van der Waals surface area contributed by atoms with E-state index >= 15 is 0 Å². The van der Waals surface area contributed by atoms with Crippen LogP contribution in [0.15, 0.2) is 24.3 Å². The largest absolute Gasteiger partial charge is 0.756 e. The molecule has 0 rings (SSSR count). The van der Waals surface area contributed by atoms with Crippen molar-refractivity contribution < 1.29 is 32.9 Å². The zero-order valence-corrected chi connectivity index (χ0v) is 54.8. The molecule has 0 aromatic carbocycles. The number of carbonyl (C=O) groups excluding carboxylic acids is 1. The lowest BCUT2D eigenvalue weighted by Gasteiger charge is -2.29. The van der Waals surface area contributed by atoms with E-state index in [1.807, 2.05) is 27.2 Å². The lowest BCUT2D eigenvalue weighted by atomic mass is 10.0. The van der Waals surface area contributed by atoms with E-state index in [9.17, 15) is 19.4 Å². The van der Waals surface area contributed by atoms with Crippen LogP contribution in [0.2, 0.25) is 0 Å². The van der Waals surface area contributed by atoms with Gasteiger partial charge in [-0.2, -0.15) is 0 Å². The van der Waals surface area contributed by atoms with Crippen molar-refractivity contribution in [2.75, 3.05) is 40.9 Å². The summed E-state index contributed by atoms with van der Waals surface area (Å²) in [7, 11) is 1.26. The van der Waals surface area contributed by atoms with E-state index in [-0.39, 0.29) is 19.1 Å². The number of phosphoric ester groups is 1. The molecule has 0 aromatic heterocycles. The van der Waals surface area contributed by atoms with Crippen molar-refractivity contribution in [2.45, 2.75) is 379 Å². The van der Waals surface area contributed by atoms with Crippen molar-refractivity contribution in [3.05, 3.63) is 24.3 Å². The molecule has 0 saturated heterocycles. The van der Waals surface area contributed by atoms with E-state index in [1.54, 1.807) is 6.08 Å². The Bertz CT molecular complexity index is 1340. The summed E-state index contributed by atoms with van der Waals surface area (Å²) in [5.74, 6) is -0.198. The molecule has 0 aromatic rings. The number of rotatable bonds is 66. The van der Waals surface area contributed by atoms with Gasteiger partial charge < -0.3 is 28.8 Å². The fourth-order valence-electron chi connectivity index (χ4n) is 10.9. The SMILES string of the molecule is CCCCCCCCCCCCCCCCCCCCCC/C=C/CC/C=C/C(O)C(COP(=O)([O-])OCC[N+](C)(C)C)NC(=O)CCCCCCCCCCCCCCCCCCCCCCCCCCCCCCCCC. The number of likely N-dealkylation sites (N-methyl/N-ethyl adjacent to an activating group) is 1. The van der Waals surface area contributed by atoms with Crippen molar-refractivity contribution in [1.29, 1.82) is 0 Å². The van der Waals surface area contributed by atoms with Gasteiger partial charge in [0.2, 0.25) is 5.91 Å². The summed E-state index contributed by atoms with van der Waals surface area (Å²) in [4.78, 5) is 25.6. The minimum atomic E-state index is -4.61. The lowest BCUT2D eigenvalue weighted by Crippen LogP contribution is -2.45. The predicted molar refractivity (Wildman–Crippen MR) is 344 cm³/mol. The van der Waals surface area contributed by atoms with Gasteiger partial charge in [0.15, 0.2) is 0 Å². The van der Waals surface area contributed by atoms with E-state index in [1.165, 1.54) is 308 Å². The van der Waals surface area contributed by atoms with Crippen LogP contribution in [0.5, 0.6) is 0 Å². The molecule has 1 amide bonds. The van der Waals surface area contributed by atoms with E-state index in [4.69, 9.17) is 9.05 Å². The van der Waals surface area contributed by atoms with Crippen molar-refractivity contribution in [1.82, 2.24) is 5.32 Å². The van der Waals surface area contributed by atoms with Crippen LogP contribution in [0.25, 0.3) is 0 Å². The molecule has 0 heterocycles. The number of aliphatic hydroxyl groups excluding tert-OH is 1. The highest BCUT2D eigenvalue weighted by Crippen LogP contribution is 2.38. The molecule has 0 aliphatic rings. The molecule has 0 aliphatic carbocycles. The number of allylic oxidation sites excluding steroid dienone is 3. The number of amides is 1. The van der Waals surface area contributed by atoms with Gasteiger partial charge in [0.25, 0.3) is 7.82 Å². The van der Waals surface area contributed by atoms with Crippen LogP contribution < -0.4 is 10.2 Å². The summed E-state index contributed by atoms with van der Waals surface area (Å²) in [5, 5.41) is 13.9. The van der Waals surface area contributed by atoms with Crippen LogP contribution in [0.1, 0.15) is 367 Å². The summed E-state index contributed by atoms with van der Waals surface area (Å²) in [5.41, 5.74) is 0. The molecule has 0 saturated carbocycles. The van der Waals surface area contributed by atoms with Gasteiger partial charge in [-0.05, 0) is 32.1 Å². The molecule has 0 bridgehead atoms. The number of nitrogens with one attached hydrogen (secondary N) is 1. The Hall–Kier alpha value is -1.02. The fourth-order valence-corrected chi connectivity index (χ4v) is 11.7. The second-order valence-corrected chi connectivity index (χ2v) is 27.0. The number of hydrogen-bond acceptors (Lipinski definition) is 6. The first-order valence-corrected chi connectivity index (χ1v) is 36.7. The summed E-state index contributed by atoms with van der Waals surface area (Å²) in [6, 6.07) is -0.902. The Morgan fingerprint density at radius 3 is 1.03 bits per heavy atom. The van der Waals surface area contributed by atoms with Crippen LogP contribution in [0.3, 0.4) is 0 Å². The summed E-state index contributed by atoms with van der Waals surface area (Å²) < 4.78 is 23.4. The standard InChI is InChI=1S/C70H139N2O6P/c1-6-8-10-12-14-16-18-20-22-24-26-28-30-32-34-35-36-37-38-40-42-44-46-48-50-52-54-56-58-60-62-64-70(74)71-68(67-78-79(75,76)77-66-65-72(3,4)5)69(73)63-61-59-57-55-53-51-49-47-45-43-41-39-33-31-29-27-25-23-21-19-17-15-13-11-9-7-2/h53,55,61,63,68-69,73H,6-52,54,56-60,62,64-67H2,1-5H3,(H-,71,74,75,76)/b55-53+,63-61+. The van der Waals surface area contributed by atoms with Gasteiger partial charge in [-0.25, -0.2) is 0 Å². The molecule has 8 nitrogen and oxygen atoms in total. The number of nitrogens with zero attached hydrogens (tertiary/aromatic N) is 1. The molecule has 0 aliphatic heterocycles. The maximum absolute atomic E-state index is 13.0. The summed E-state index contributed by atoms with van der Waals surface area (Å²) in [6.45, 7) is 4.70. The van der Waals surface area contributed by atoms with Crippen LogP contribution in [-0.2, 0) is 18.4 Å². The van der Waals surface area contributed by atoms with Gasteiger partial charge in [-0.1, -0.05) is 353 Å². The summed E-state index contributed by atoms with van der Waals surface area (Å²) in [6.07, 6.45) is 80.3. The smallest absolute Gasteiger partial charge is 0.268 e. The minimum Gasteiger partial charge on any atom is -0.756 e. The second kappa shape index (κ2) is 61.5. The normalized spacial score (nSPS) is 13.8. The highest BCUT2D eigenvalue weighted by molar-refractivity contribution is 7.45. The first-order valence-electron chi connectivity index (χ1n) is 35.2. The zero-order chi connectivity index (χ0) is 57.7. The van der Waals surface area contributed by atoms with E-state index in [0.29, 0.717) is 17.4 Å². The van der Waals surface area contributed by atoms with Gasteiger partial charge in [0, 0.05) is 6.42 Å². The number of unbranched alkanes of at least 4 members (excludes halogenated alkanes) is 51. The third-order valence-electron chi connectivity index (χ3n) is 16.4. The molecular formula is C70H139N2O6P. The van der Waals surface area contributed by atoms with E-state index < -0.39 is 20.0 Å². The molecule has 470 valence electrons. The number of quaternary nitrogens is 1. The number of hydrogen-bond donors (Lipinski definition) is 2. The molecule has 3 unspecified atom stereocenters. The van der Waals surface area contributed by atoms with Gasteiger partial charge in [0.1, 0.15) is 13.2 Å². The number of carbonyl (C=O) groups is 1. The van der Waals surface area contributed by atoms with Crippen LogP contribution in [0, 0.1) is 0 Å². The maximum atomic E-state index is 13.0. The Balaban J connectivity index is 4.05. The van der Waals surface area contributed by atoms with Gasteiger partial charge in [-0.15, -0.1) is 0 Å². The number of aliphatic hydroxyl groups is 1. The Kier molecular flexibility index (Phi) is 60.7. The first kappa shape index (κ1) is 78.0. The molecule has 79 heavy (non-hydrogen) atoms. The van der Waals surface area contributed by atoms with Crippen LogP contribution >= 0.6 is 7.82 Å². The third kappa shape index (κ3) is 64.4. The van der Waals surface area contributed by atoms with Crippen LogP contribution in [-0.4, -0.2) is 68.5 Å². The van der Waals surface area contributed by atoms with Crippen molar-refractivity contribution >= 4 is 13.7 Å². The molecule has 9 heteroatoms. The van der Waals surface area contributed by atoms with Gasteiger partial charge in [-0.3, -0.25) is 9.36 Å². The van der Waals surface area contributed by atoms with Gasteiger partial charge >= 0.3 is 0 Å². The average molecular weight is 1140 g/mol. The van der Waals surface area contributed by atoms with Crippen molar-refractivity contribution in [3.63, 3.8) is 0 Å². The molecule has 2 N–H and O–H groups in total. The minimum absolute atomic E-state index is 0.00341. The van der Waals surface area contributed by atoms with Crippen LogP contribution in [0.4, 0.5) is 0 Å². The van der Waals surface area contributed by atoms with Crippen molar-refractivity contribution in [3.8, 4) is 0 Å². The third-order valence-corrected chi connectivity index (χ3v) is 17.4. The van der Waals surface area contributed by atoms with Crippen molar-refractivity contribution in [2.24, 2.45) is 0 Å². The van der Waals surface area contributed by atoms with Gasteiger partial charge in [0.05, 0.1) is 39.9 Å². The predicted octanol–water partition coefficient (Wildman–Crippen LogP) is 21.6. The number of phosphoric acid groups is 1. The zero-order valence-electron chi connectivity index (χ0n) is 53.9. The quantitative estimate of drug-likeness (QED) is 0.0272. The second-order valence-electron chi connectivity index (χ2n) is 25.6. The highest BCUT2D eigenvalue weighted by Gasteiger charge is 2.23. The lowest BCUT2D eigenvalue weighted by molar-refractivity contribution is -0.870. The Morgan fingerprint density at radius 1 is 0.430 bits per heavy atom. The average Bonchev–Trinajstić information content (AvgIpc) is 3.42. The topological polar surface area (TPSA) is 108 Å². The fraction of sp³-hybridized carbons (Fsp3) is 0.929. The monoisotopic (exact) mass is 1140 g/mol. The molecular weight excluding hydrogens is 996 g/mol. The molecule has 3 atom stereocenters. The molecule has 0 fully saturated rings. The van der Waals surface area contributed by atoms with E-state index in [0.717, 1.165) is 38.5 Å². The first-order chi connectivity index (χ1) is 38.5. The molecule has 0 spiro atoms. The van der Waals surface area contributed by atoms with E-state index in [2.05, 4.69) is 31.3 Å². The maximum Gasteiger partial charge on any atom is 0.268 e.